The van der Waals surface area contributed by atoms with Gasteiger partial charge in [-0.3, -0.25) is 0 Å². The van der Waals surface area contributed by atoms with Crippen LogP contribution in [0.3, 0.4) is 0 Å². The summed E-state index contributed by atoms with van der Waals surface area (Å²) in [4.78, 5) is 22.8. The van der Waals surface area contributed by atoms with Gasteiger partial charge in [-0.2, -0.15) is 0 Å². The van der Waals surface area contributed by atoms with E-state index in [9.17, 15) is 14.7 Å². The van der Waals surface area contributed by atoms with E-state index in [2.05, 4.69) is 5.32 Å². The largest absolute Gasteiger partial charge is 0.508 e. The smallest absolute Gasteiger partial charge is 0.408 e. The lowest BCUT2D eigenvalue weighted by Gasteiger charge is -2.22. The lowest BCUT2D eigenvalue weighted by molar-refractivity contribution is -0.139. The molecule has 0 aliphatic rings. The highest BCUT2D eigenvalue weighted by Gasteiger charge is 2.24. The van der Waals surface area contributed by atoms with Gasteiger partial charge in [0.15, 0.2) is 0 Å². The molecule has 0 spiro atoms. The van der Waals surface area contributed by atoms with Crippen LogP contribution in [-0.4, -0.2) is 33.9 Å². The highest BCUT2D eigenvalue weighted by Crippen LogP contribution is 2.12. The first-order chi connectivity index (χ1) is 9.73. The van der Waals surface area contributed by atoms with E-state index < -0.39 is 23.7 Å². The van der Waals surface area contributed by atoms with Crippen molar-refractivity contribution in [3.8, 4) is 5.75 Å². The molecule has 0 saturated heterocycles. The highest BCUT2D eigenvalue weighted by atomic mass is 16.6. The van der Waals surface area contributed by atoms with Crippen LogP contribution < -0.4 is 5.32 Å². The molecule has 0 aromatic heterocycles. The van der Waals surface area contributed by atoms with E-state index in [0.29, 0.717) is 5.56 Å². The van der Waals surface area contributed by atoms with Crippen molar-refractivity contribution in [2.24, 2.45) is 0 Å². The van der Waals surface area contributed by atoms with Crippen LogP contribution in [0.5, 0.6) is 5.75 Å². The minimum Gasteiger partial charge on any atom is -0.508 e. The number of rotatable bonds is 4. The molecule has 0 radical (unpaired) electrons. The number of aliphatic carboxylic acids is 1. The van der Waals surface area contributed by atoms with Crippen LogP contribution in [0, 0.1) is 0 Å². The highest BCUT2D eigenvalue weighted by molar-refractivity contribution is 5.80. The second kappa shape index (κ2) is 6.27. The summed E-state index contributed by atoms with van der Waals surface area (Å²) in [7, 11) is 0. The minimum absolute atomic E-state index is 0.0615. The normalized spacial score (nSPS) is 13.2. The van der Waals surface area contributed by atoms with Crippen LogP contribution in [-0.2, 0) is 16.0 Å². The maximum atomic E-state index is 11.7. The quantitative estimate of drug-likeness (QED) is 0.784. The van der Waals surface area contributed by atoms with E-state index in [1.165, 1.54) is 12.1 Å². The Morgan fingerprint density at radius 3 is 2.50 bits per heavy atom. The number of carboxylic acid groups (broad SMARTS) is 1. The van der Waals surface area contributed by atoms with Crippen LogP contribution >= 0.6 is 0 Å². The molecule has 0 heterocycles. The molecule has 20 heavy (non-hydrogen) atoms. The Balaban J connectivity index is 2.68. The molecule has 0 aliphatic heterocycles. The van der Waals surface area contributed by atoms with Gasteiger partial charge in [0.05, 0.1) is 0 Å². The lowest BCUT2D eigenvalue weighted by atomic mass is 10.1. The van der Waals surface area contributed by atoms with Gasteiger partial charge in [-0.05, 0) is 38.4 Å². The fraction of sp³-hybridized carbons (Fsp3) is 0.429. The maximum Gasteiger partial charge on any atom is 0.408 e. The van der Waals surface area contributed by atoms with Gasteiger partial charge in [-0.25, -0.2) is 9.59 Å². The van der Waals surface area contributed by atoms with Crippen molar-refractivity contribution in [3.05, 3.63) is 29.8 Å². The lowest BCUT2D eigenvalue weighted by Crippen LogP contribution is -2.44. The van der Waals surface area contributed by atoms with Crippen LogP contribution in [0.25, 0.3) is 0 Å². The molecule has 1 rings (SSSR count). The number of ether oxygens (including phenoxy) is 1. The summed E-state index contributed by atoms with van der Waals surface area (Å²) in [5.41, 5.74) is -0.327. The maximum absolute atomic E-state index is 11.7. The molecule has 0 aliphatic carbocycles. The van der Waals surface area contributed by atoms with Crippen molar-refractivity contribution in [2.45, 2.75) is 38.8 Å². The third-order valence-electron chi connectivity index (χ3n) is 2.34. The predicted octanol–water partition coefficient (Wildman–Crippen LogP) is 1.91. The molecule has 6 heteroatoms. The topological polar surface area (TPSA) is 95.9 Å². The SMILES string of the molecule is [2H]CC(C)(C)OC(=O)N[C@@H](Cc1ccc(O)cc1)C(=O)O. The first-order valence-corrected chi connectivity index (χ1v) is 6.03. The zero-order chi connectivity index (χ0) is 16.0. The molecule has 0 fully saturated rings. The number of hydrogen-bond acceptors (Lipinski definition) is 4. The first kappa shape index (κ1) is 14.2. The monoisotopic (exact) mass is 282 g/mol. The van der Waals surface area contributed by atoms with Crippen LogP contribution in [0.2, 0.25) is 0 Å². The molecular weight excluding hydrogens is 262 g/mol. The van der Waals surface area contributed by atoms with Crippen LogP contribution in [0.1, 0.15) is 27.7 Å². The molecule has 1 aromatic rings. The molecule has 3 N–H and O–H groups in total. The Bertz CT molecular complexity index is 501. The van der Waals surface area contributed by atoms with E-state index in [4.69, 9.17) is 11.2 Å². The third kappa shape index (κ3) is 5.60. The molecule has 1 aromatic carbocycles. The second-order valence-corrected chi connectivity index (χ2v) is 5.05. The fourth-order valence-electron chi connectivity index (χ4n) is 1.49. The Labute approximate surface area is 118 Å². The molecule has 110 valence electrons. The number of nitrogens with one attached hydrogen (secondary N) is 1. The van der Waals surface area contributed by atoms with Gasteiger partial charge in [-0.15, -0.1) is 0 Å². The molecule has 6 nitrogen and oxygen atoms in total. The molecule has 0 saturated carbocycles. The van der Waals surface area contributed by atoms with Crippen molar-refractivity contribution in [1.29, 1.82) is 0 Å². The van der Waals surface area contributed by atoms with E-state index >= 15 is 0 Å². The molecule has 1 atom stereocenters. The fourth-order valence-corrected chi connectivity index (χ4v) is 1.49. The van der Waals surface area contributed by atoms with Gasteiger partial charge in [0.2, 0.25) is 0 Å². The Morgan fingerprint density at radius 2 is 2.00 bits per heavy atom. The zero-order valence-corrected chi connectivity index (χ0v) is 11.4. The van der Waals surface area contributed by atoms with Gasteiger partial charge < -0.3 is 20.3 Å². The van der Waals surface area contributed by atoms with Gasteiger partial charge in [0.25, 0.3) is 0 Å². The summed E-state index contributed by atoms with van der Waals surface area (Å²) in [5, 5.41) is 20.6. The minimum atomic E-state index is -1.19. The van der Waals surface area contributed by atoms with Gasteiger partial charge in [-0.1, -0.05) is 12.1 Å². The number of phenols is 1. The average Bonchev–Trinajstić information content (AvgIpc) is 2.39. The third-order valence-corrected chi connectivity index (χ3v) is 2.34. The number of alkyl carbamates (subject to hydrolysis) is 1. The summed E-state index contributed by atoms with van der Waals surface area (Å²) in [5.74, 6) is -1.11. The molecule has 1 amide bonds. The summed E-state index contributed by atoms with van der Waals surface area (Å²) >= 11 is 0. The number of carboxylic acids is 1. The van der Waals surface area contributed by atoms with Crippen molar-refractivity contribution in [3.63, 3.8) is 0 Å². The van der Waals surface area contributed by atoms with E-state index in [1.54, 1.807) is 26.0 Å². The summed E-state index contributed by atoms with van der Waals surface area (Å²) in [6.45, 7) is 3.00. The Hall–Kier alpha value is -2.24. The van der Waals surface area contributed by atoms with Gasteiger partial charge in [0, 0.05) is 7.79 Å². The van der Waals surface area contributed by atoms with E-state index in [0.717, 1.165) is 0 Å². The number of carbonyl (C=O) groups excluding carboxylic acids is 1. The Kier molecular flexibility index (Phi) is 4.45. The standard InChI is InChI=1S/C14H19NO5/c1-14(2,3)20-13(19)15-11(12(17)18)8-9-4-6-10(16)7-5-9/h4-7,11,16H,8H2,1-3H3,(H,15,19)(H,17,18)/t11-/m0/s1/i1D. The van der Waals surface area contributed by atoms with Crippen molar-refractivity contribution in [2.75, 3.05) is 0 Å². The average molecular weight is 282 g/mol. The molecule has 0 bridgehead atoms. The zero-order valence-electron chi connectivity index (χ0n) is 12.4. The number of amides is 1. The summed E-state index contributed by atoms with van der Waals surface area (Å²) in [6.07, 6.45) is -0.815. The van der Waals surface area contributed by atoms with E-state index in [1.807, 2.05) is 0 Å². The van der Waals surface area contributed by atoms with Crippen molar-refractivity contribution in [1.82, 2.24) is 5.32 Å². The summed E-state index contributed by atoms with van der Waals surface area (Å²) < 4.78 is 12.2. The van der Waals surface area contributed by atoms with Gasteiger partial charge in [0.1, 0.15) is 17.4 Å². The number of hydrogen-bond donors (Lipinski definition) is 3. The second-order valence-electron chi connectivity index (χ2n) is 5.05. The summed E-state index contributed by atoms with van der Waals surface area (Å²) in [6, 6.07) is 4.88. The van der Waals surface area contributed by atoms with Gasteiger partial charge >= 0.3 is 12.1 Å². The van der Waals surface area contributed by atoms with Crippen LogP contribution in [0.15, 0.2) is 24.3 Å². The Morgan fingerprint density at radius 1 is 1.40 bits per heavy atom. The number of phenolic OH excluding ortho intramolecular Hbond substituents is 1. The first-order valence-electron chi connectivity index (χ1n) is 6.73. The van der Waals surface area contributed by atoms with Crippen LogP contribution in [0.4, 0.5) is 4.79 Å². The van der Waals surface area contributed by atoms with Crippen molar-refractivity contribution >= 4 is 12.1 Å². The number of carbonyl (C=O) groups is 2. The predicted molar refractivity (Wildman–Crippen MR) is 72.6 cm³/mol. The van der Waals surface area contributed by atoms with E-state index in [-0.39, 0.29) is 19.1 Å². The number of aromatic hydroxyl groups is 1. The number of benzene rings is 1. The molecular formula is C14H19NO5. The molecule has 0 unspecified atom stereocenters. The van der Waals surface area contributed by atoms with Crippen molar-refractivity contribution < 1.29 is 25.9 Å².